The maximum Gasteiger partial charge on any atom is 0.223 e. The number of rotatable bonds is 8. The van der Waals surface area contributed by atoms with Crippen molar-refractivity contribution in [3.05, 3.63) is 78.8 Å². The molecular weight excluding hydrogens is 472 g/mol. The first kappa shape index (κ1) is 25.6. The largest absolute Gasteiger partial charge is 0.364 e. The van der Waals surface area contributed by atoms with E-state index in [1.165, 1.54) is 5.56 Å². The molecule has 1 aliphatic heterocycles. The topological polar surface area (TPSA) is 83.0 Å². The third-order valence-electron chi connectivity index (χ3n) is 7.18. The summed E-state index contributed by atoms with van der Waals surface area (Å²) in [4.78, 5) is 29.0. The van der Waals surface area contributed by atoms with E-state index in [0.717, 1.165) is 66.1 Å². The van der Waals surface area contributed by atoms with Gasteiger partial charge in [0.05, 0.1) is 5.69 Å². The molecule has 7 nitrogen and oxygen atoms in total. The first-order valence-corrected chi connectivity index (χ1v) is 13.5. The summed E-state index contributed by atoms with van der Waals surface area (Å²) in [5.41, 5.74) is 3.09. The second kappa shape index (κ2) is 11.6. The molecular formula is C31H36N6O. The molecule has 4 aromatic rings. The van der Waals surface area contributed by atoms with Gasteiger partial charge >= 0.3 is 0 Å². The van der Waals surface area contributed by atoms with Crippen molar-refractivity contribution < 1.29 is 4.79 Å². The van der Waals surface area contributed by atoms with E-state index < -0.39 is 0 Å². The van der Waals surface area contributed by atoms with Gasteiger partial charge in [0.2, 0.25) is 5.91 Å². The molecule has 1 saturated heterocycles. The molecule has 3 aromatic heterocycles. The molecule has 0 bridgehead atoms. The molecule has 1 fully saturated rings. The lowest BCUT2D eigenvalue weighted by Crippen LogP contribution is -2.41. The normalized spacial score (nSPS) is 15.0. The van der Waals surface area contributed by atoms with Crippen molar-refractivity contribution in [2.45, 2.75) is 39.7 Å². The fourth-order valence-corrected chi connectivity index (χ4v) is 4.99. The molecule has 0 spiro atoms. The quantitative estimate of drug-likeness (QED) is 0.311. The highest BCUT2D eigenvalue weighted by atomic mass is 16.1. The van der Waals surface area contributed by atoms with Crippen molar-refractivity contribution in [1.29, 1.82) is 0 Å². The summed E-state index contributed by atoms with van der Waals surface area (Å²) in [6, 6.07) is 18.7. The van der Waals surface area contributed by atoms with Crippen LogP contribution < -0.4 is 15.5 Å². The van der Waals surface area contributed by atoms with Gasteiger partial charge in [-0.05, 0) is 55.5 Å². The number of nitrogens with zero attached hydrogens (tertiary/aromatic N) is 4. The number of fused-ring (bicyclic) bond motifs is 1. The van der Waals surface area contributed by atoms with Gasteiger partial charge in [0, 0.05) is 66.5 Å². The van der Waals surface area contributed by atoms with Crippen LogP contribution >= 0.6 is 0 Å². The molecule has 7 heteroatoms. The Bertz CT molecular complexity index is 1380. The molecule has 0 radical (unpaired) electrons. The van der Waals surface area contributed by atoms with E-state index in [1.807, 2.05) is 48.9 Å². The van der Waals surface area contributed by atoms with Gasteiger partial charge in [0.25, 0.3) is 0 Å². The van der Waals surface area contributed by atoms with E-state index in [9.17, 15) is 4.79 Å². The Morgan fingerprint density at radius 2 is 1.82 bits per heavy atom. The third-order valence-corrected chi connectivity index (χ3v) is 7.18. The molecule has 0 unspecified atom stereocenters. The van der Waals surface area contributed by atoms with Gasteiger partial charge in [-0.2, -0.15) is 0 Å². The highest BCUT2D eigenvalue weighted by Crippen LogP contribution is 2.33. The zero-order valence-corrected chi connectivity index (χ0v) is 22.4. The van der Waals surface area contributed by atoms with Crippen molar-refractivity contribution in [3.8, 4) is 11.3 Å². The van der Waals surface area contributed by atoms with Crippen LogP contribution in [0.1, 0.15) is 45.2 Å². The summed E-state index contributed by atoms with van der Waals surface area (Å²) in [6.07, 6.45) is 7.18. The van der Waals surface area contributed by atoms with Gasteiger partial charge < -0.3 is 15.5 Å². The fourth-order valence-electron chi connectivity index (χ4n) is 4.99. The standard InChI is InChI=1S/C31H36N6O/c1-21(2)19-34-31(38)24-11-15-37(16-12-24)30-27-10-13-32-20-26(27)17-28(36-30)25-9-14-33-29(18-25)35-22(3)23-7-5-4-6-8-23/h4-10,13-14,17-18,20-22,24H,11-12,15-16,19H2,1-3H3,(H,33,35)(H,34,38)/t22-/m1/s1. The maximum atomic E-state index is 12.6. The van der Waals surface area contributed by atoms with E-state index >= 15 is 0 Å². The number of nitrogens with one attached hydrogen (secondary N) is 2. The Morgan fingerprint density at radius 1 is 1.03 bits per heavy atom. The molecule has 1 aromatic carbocycles. The van der Waals surface area contributed by atoms with Crippen LogP contribution in [-0.4, -0.2) is 40.5 Å². The van der Waals surface area contributed by atoms with Gasteiger partial charge in [-0.15, -0.1) is 0 Å². The average Bonchev–Trinajstić information content (AvgIpc) is 2.96. The van der Waals surface area contributed by atoms with E-state index in [0.29, 0.717) is 5.92 Å². The Hall–Kier alpha value is -4.00. The fraction of sp³-hybridized carbons (Fsp3) is 0.355. The SMILES string of the molecule is CC(C)CNC(=O)C1CCN(c2nc(-c3ccnc(N[C@H](C)c4ccccc4)c3)cc3cnccc23)CC1. The molecule has 1 atom stereocenters. The summed E-state index contributed by atoms with van der Waals surface area (Å²) < 4.78 is 0. The van der Waals surface area contributed by atoms with Gasteiger partial charge in [-0.1, -0.05) is 44.2 Å². The Morgan fingerprint density at radius 3 is 2.58 bits per heavy atom. The lowest BCUT2D eigenvalue weighted by molar-refractivity contribution is -0.125. The van der Waals surface area contributed by atoms with Crippen LogP contribution in [0, 0.1) is 11.8 Å². The van der Waals surface area contributed by atoms with E-state index in [-0.39, 0.29) is 17.9 Å². The zero-order chi connectivity index (χ0) is 26.5. The van der Waals surface area contributed by atoms with Crippen LogP contribution in [0.4, 0.5) is 11.6 Å². The van der Waals surface area contributed by atoms with Crippen molar-refractivity contribution in [1.82, 2.24) is 20.3 Å². The lowest BCUT2D eigenvalue weighted by Gasteiger charge is -2.33. The minimum absolute atomic E-state index is 0.0570. The second-order valence-corrected chi connectivity index (χ2v) is 10.5. The molecule has 0 saturated carbocycles. The number of anilines is 2. The molecule has 2 N–H and O–H groups in total. The summed E-state index contributed by atoms with van der Waals surface area (Å²) in [5.74, 6) is 2.44. The van der Waals surface area contributed by atoms with Crippen molar-refractivity contribution in [3.63, 3.8) is 0 Å². The lowest BCUT2D eigenvalue weighted by atomic mass is 9.95. The van der Waals surface area contributed by atoms with E-state index in [1.54, 1.807) is 0 Å². The first-order valence-electron chi connectivity index (χ1n) is 13.5. The van der Waals surface area contributed by atoms with Crippen molar-refractivity contribution in [2.24, 2.45) is 11.8 Å². The highest BCUT2D eigenvalue weighted by Gasteiger charge is 2.27. The number of amides is 1. The summed E-state index contributed by atoms with van der Waals surface area (Å²) in [7, 11) is 0. The maximum absolute atomic E-state index is 12.6. The number of pyridine rings is 3. The third kappa shape index (κ3) is 5.93. The Balaban J connectivity index is 1.38. The van der Waals surface area contributed by atoms with Crippen LogP contribution in [0.3, 0.4) is 0 Å². The molecule has 1 amide bonds. The molecule has 0 aliphatic carbocycles. The Labute approximate surface area is 224 Å². The number of carbonyl (C=O) groups excluding carboxylic acids is 1. The van der Waals surface area contributed by atoms with Crippen molar-refractivity contribution in [2.75, 3.05) is 29.9 Å². The van der Waals surface area contributed by atoms with E-state index in [2.05, 4.69) is 70.5 Å². The number of benzene rings is 1. The summed E-state index contributed by atoms with van der Waals surface area (Å²) in [6.45, 7) is 8.69. The number of aromatic nitrogens is 3. The molecule has 1 aliphatic rings. The van der Waals surface area contributed by atoms with Gasteiger partial charge in [-0.25, -0.2) is 9.97 Å². The Kier molecular flexibility index (Phi) is 7.82. The molecule has 5 rings (SSSR count). The van der Waals surface area contributed by atoms with Crippen LogP contribution in [0.25, 0.3) is 22.0 Å². The minimum Gasteiger partial charge on any atom is -0.364 e. The second-order valence-electron chi connectivity index (χ2n) is 10.5. The number of piperidine rings is 1. The van der Waals surface area contributed by atoms with Crippen molar-refractivity contribution >= 4 is 28.3 Å². The van der Waals surface area contributed by atoms with Gasteiger partial charge in [0.1, 0.15) is 11.6 Å². The number of hydrogen-bond acceptors (Lipinski definition) is 6. The first-order chi connectivity index (χ1) is 18.5. The van der Waals surface area contributed by atoms with Crippen LogP contribution in [0.2, 0.25) is 0 Å². The smallest absolute Gasteiger partial charge is 0.223 e. The summed E-state index contributed by atoms with van der Waals surface area (Å²) in [5, 5.41) is 8.75. The highest BCUT2D eigenvalue weighted by molar-refractivity contribution is 5.94. The predicted molar refractivity (Wildman–Crippen MR) is 154 cm³/mol. The monoisotopic (exact) mass is 508 g/mol. The van der Waals surface area contributed by atoms with Gasteiger partial charge in [-0.3, -0.25) is 9.78 Å². The minimum atomic E-state index is 0.0570. The number of hydrogen-bond donors (Lipinski definition) is 2. The number of carbonyl (C=O) groups is 1. The summed E-state index contributed by atoms with van der Waals surface area (Å²) >= 11 is 0. The average molecular weight is 509 g/mol. The predicted octanol–water partition coefficient (Wildman–Crippen LogP) is 5.85. The van der Waals surface area contributed by atoms with E-state index in [4.69, 9.17) is 4.98 Å². The molecule has 38 heavy (non-hydrogen) atoms. The zero-order valence-electron chi connectivity index (χ0n) is 22.4. The van der Waals surface area contributed by atoms with Crippen LogP contribution in [0.5, 0.6) is 0 Å². The molecule has 196 valence electrons. The van der Waals surface area contributed by atoms with Crippen LogP contribution in [-0.2, 0) is 4.79 Å². The van der Waals surface area contributed by atoms with Crippen LogP contribution in [0.15, 0.2) is 73.2 Å². The molecule has 4 heterocycles. The van der Waals surface area contributed by atoms with Gasteiger partial charge in [0.15, 0.2) is 0 Å².